The number of nitrogens with zero attached hydrogens (tertiary/aromatic N) is 1. The van der Waals surface area contributed by atoms with Crippen LogP contribution in [0.25, 0.3) is 0 Å². The Morgan fingerprint density at radius 3 is 2.89 bits per heavy atom. The number of aromatic nitrogens is 1. The summed E-state index contributed by atoms with van der Waals surface area (Å²) in [7, 11) is 1.61. The molecule has 0 unspecified atom stereocenters. The van der Waals surface area contributed by atoms with Crippen LogP contribution in [0.15, 0.2) is 12.3 Å². The Bertz CT molecular complexity index is 198. The maximum atomic E-state index is 4.91. The fourth-order valence-corrected chi connectivity index (χ4v) is 0.635. The first-order valence-electron chi connectivity index (χ1n) is 2.71. The number of aryl methyl sites for hydroxylation is 1. The van der Waals surface area contributed by atoms with Crippen molar-refractivity contribution in [3.05, 3.63) is 23.9 Å². The van der Waals surface area contributed by atoms with Crippen molar-refractivity contribution < 1.29 is 4.74 Å². The molecule has 1 aromatic heterocycles. The number of hydrogen-bond donors (Lipinski definition) is 0. The van der Waals surface area contributed by atoms with E-state index in [0.717, 1.165) is 5.56 Å². The predicted molar refractivity (Wildman–Crippen MR) is 34.4 cm³/mol. The lowest BCUT2D eigenvalue weighted by molar-refractivity contribution is 0.394. The summed E-state index contributed by atoms with van der Waals surface area (Å²) in [6.45, 7) is 1.93. The van der Waals surface area contributed by atoms with Gasteiger partial charge in [-0.3, -0.25) is 0 Å². The lowest BCUT2D eigenvalue weighted by atomic mass is 10.3. The molecule has 1 rings (SSSR count). The van der Waals surface area contributed by atoms with E-state index in [0.29, 0.717) is 5.88 Å². The summed E-state index contributed by atoms with van der Waals surface area (Å²) in [4.78, 5) is 3.92. The van der Waals surface area contributed by atoms with E-state index in [1.165, 1.54) is 0 Å². The molecule has 0 saturated carbocycles. The zero-order valence-electron chi connectivity index (χ0n) is 5.51. The molecule has 0 aliphatic heterocycles. The molecule has 2 heteroatoms. The Morgan fingerprint density at radius 2 is 2.44 bits per heavy atom. The van der Waals surface area contributed by atoms with E-state index < -0.39 is 0 Å². The van der Waals surface area contributed by atoms with Crippen LogP contribution >= 0.6 is 0 Å². The van der Waals surface area contributed by atoms with Gasteiger partial charge in [0, 0.05) is 17.8 Å². The van der Waals surface area contributed by atoms with Crippen LogP contribution in [0.4, 0.5) is 0 Å². The molecule has 2 nitrogen and oxygen atoms in total. The van der Waals surface area contributed by atoms with Crippen LogP contribution in [0.5, 0.6) is 5.88 Å². The molecule has 0 aromatic carbocycles. The minimum atomic E-state index is 0.675. The van der Waals surface area contributed by atoms with E-state index in [-0.39, 0.29) is 0 Å². The molecule has 0 aliphatic carbocycles. The van der Waals surface area contributed by atoms with E-state index >= 15 is 0 Å². The zero-order chi connectivity index (χ0) is 6.69. The van der Waals surface area contributed by atoms with Crippen LogP contribution < -0.4 is 4.74 Å². The molecule has 1 aromatic rings. The normalized spacial score (nSPS) is 9.11. The SMILES string of the molecule is COc1nc[c]cc1C. The topological polar surface area (TPSA) is 22.1 Å². The fourth-order valence-electron chi connectivity index (χ4n) is 0.635. The van der Waals surface area contributed by atoms with Gasteiger partial charge in [-0.05, 0) is 13.0 Å². The molecule has 0 spiro atoms. The Hall–Kier alpha value is -1.05. The van der Waals surface area contributed by atoms with Crippen molar-refractivity contribution in [2.24, 2.45) is 0 Å². The first-order valence-corrected chi connectivity index (χ1v) is 2.71. The van der Waals surface area contributed by atoms with Gasteiger partial charge in [-0.2, -0.15) is 0 Å². The second-order valence-corrected chi connectivity index (χ2v) is 1.76. The Balaban J connectivity index is 3.01. The Labute approximate surface area is 54.5 Å². The smallest absolute Gasteiger partial charge is 0.215 e. The largest absolute Gasteiger partial charge is 0.481 e. The van der Waals surface area contributed by atoms with Gasteiger partial charge in [-0.15, -0.1) is 0 Å². The van der Waals surface area contributed by atoms with Crippen molar-refractivity contribution >= 4 is 0 Å². The Kier molecular flexibility index (Phi) is 1.68. The molecule has 0 fully saturated rings. The van der Waals surface area contributed by atoms with Crippen LogP contribution in [0.2, 0.25) is 0 Å². The lowest BCUT2D eigenvalue weighted by Crippen LogP contribution is -1.88. The number of methoxy groups -OCH3 is 1. The van der Waals surface area contributed by atoms with Gasteiger partial charge in [0.15, 0.2) is 0 Å². The molecule has 0 atom stereocenters. The third kappa shape index (κ3) is 1.19. The van der Waals surface area contributed by atoms with Gasteiger partial charge in [0.2, 0.25) is 5.88 Å². The minimum absolute atomic E-state index is 0.675. The number of rotatable bonds is 1. The molecule has 9 heavy (non-hydrogen) atoms. The van der Waals surface area contributed by atoms with Gasteiger partial charge >= 0.3 is 0 Å². The highest BCUT2D eigenvalue weighted by Gasteiger charge is 1.93. The monoisotopic (exact) mass is 122 g/mol. The van der Waals surface area contributed by atoms with Crippen molar-refractivity contribution in [1.29, 1.82) is 0 Å². The molecule has 0 N–H and O–H groups in total. The fraction of sp³-hybridized carbons (Fsp3) is 0.286. The van der Waals surface area contributed by atoms with Crippen LogP contribution in [0.3, 0.4) is 0 Å². The minimum Gasteiger partial charge on any atom is -0.481 e. The maximum Gasteiger partial charge on any atom is 0.215 e. The first kappa shape index (κ1) is 6.08. The molecule has 47 valence electrons. The van der Waals surface area contributed by atoms with Gasteiger partial charge in [-0.1, -0.05) is 0 Å². The van der Waals surface area contributed by atoms with Gasteiger partial charge in [0.25, 0.3) is 0 Å². The number of hydrogen-bond acceptors (Lipinski definition) is 2. The van der Waals surface area contributed by atoms with E-state index in [2.05, 4.69) is 11.1 Å². The molecule has 0 aliphatic rings. The van der Waals surface area contributed by atoms with Gasteiger partial charge in [0.05, 0.1) is 7.11 Å². The van der Waals surface area contributed by atoms with Gasteiger partial charge in [-0.25, -0.2) is 4.98 Å². The van der Waals surface area contributed by atoms with Gasteiger partial charge < -0.3 is 4.74 Å². The number of ether oxygens (including phenoxy) is 1. The van der Waals surface area contributed by atoms with Crippen molar-refractivity contribution in [2.45, 2.75) is 6.92 Å². The molecule has 0 saturated heterocycles. The summed E-state index contributed by atoms with van der Waals surface area (Å²) in [5.41, 5.74) is 1.01. The molecule has 1 radical (unpaired) electrons. The average molecular weight is 122 g/mol. The van der Waals surface area contributed by atoms with E-state index in [4.69, 9.17) is 4.74 Å². The Morgan fingerprint density at radius 1 is 1.67 bits per heavy atom. The van der Waals surface area contributed by atoms with Crippen molar-refractivity contribution in [1.82, 2.24) is 4.98 Å². The highest BCUT2D eigenvalue weighted by atomic mass is 16.5. The first-order chi connectivity index (χ1) is 4.34. The average Bonchev–Trinajstić information content (AvgIpc) is 1.89. The van der Waals surface area contributed by atoms with Crippen LogP contribution in [-0.2, 0) is 0 Å². The number of pyridine rings is 1. The molecule has 0 bridgehead atoms. The summed E-state index contributed by atoms with van der Waals surface area (Å²) in [5.74, 6) is 0.675. The quantitative estimate of drug-likeness (QED) is 0.558. The summed E-state index contributed by atoms with van der Waals surface area (Å²) < 4.78 is 4.91. The van der Waals surface area contributed by atoms with Gasteiger partial charge in [0.1, 0.15) is 0 Å². The van der Waals surface area contributed by atoms with E-state index in [1.807, 2.05) is 13.0 Å². The highest BCUT2D eigenvalue weighted by Crippen LogP contribution is 2.09. The van der Waals surface area contributed by atoms with Crippen molar-refractivity contribution in [2.75, 3.05) is 7.11 Å². The standard InChI is InChI=1S/C7H8NO/c1-6-4-3-5-8-7(6)9-2/h4-5H,1-2H3. The lowest BCUT2D eigenvalue weighted by Gasteiger charge is -1.98. The summed E-state index contributed by atoms with van der Waals surface area (Å²) in [6.07, 6.45) is 1.59. The summed E-state index contributed by atoms with van der Waals surface area (Å²) in [5, 5.41) is 0. The zero-order valence-corrected chi connectivity index (χ0v) is 5.51. The summed E-state index contributed by atoms with van der Waals surface area (Å²) in [6, 6.07) is 4.68. The van der Waals surface area contributed by atoms with E-state index in [1.54, 1.807) is 13.3 Å². The third-order valence-corrected chi connectivity index (χ3v) is 1.09. The summed E-state index contributed by atoms with van der Waals surface area (Å²) >= 11 is 0. The maximum absolute atomic E-state index is 4.91. The predicted octanol–water partition coefficient (Wildman–Crippen LogP) is 1.20. The second-order valence-electron chi connectivity index (χ2n) is 1.76. The molecular formula is C7H8NO. The van der Waals surface area contributed by atoms with E-state index in [9.17, 15) is 0 Å². The van der Waals surface area contributed by atoms with Crippen LogP contribution in [0, 0.1) is 13.0 Å². The molecular weight excluding hydrogens is 114 g/mol. The van der Waals surface area contributed by atoms with Crippen molar-refractivity contribution in [3.63, 3.8) is 0 Å². The molecule has 1 heterocycles. The van der Waals surface area contributed by atoms with Crippen molar-refractivity contribution in [3.8, 4) is 5.88 Å². The molecule has 0 amide bonds. The highest BCUT2D eigenvalue weighted by molar-refractivity contribution is 5.22. The van der Waals surface area contributed by atoms with Crippen LogP contribution in [0.1, 0.15) is 5.56 Å². The second kappa shape index (κ2) is 2.49. The third-order valence-electron chi connectivity index (χ3n) is 1.09. The van der Waals surface area contributed by atoms with Crippen LogP contribution in [-0.4, -0.2) is 12.1 Å².